The summed E-state index contributed by atoms with van der Waals surface area (Å²) in [6.07, 6.45) is 1.87. The topological polar surface area (TPSA) is 69.9 Å². The number of thiophene rings is 1. The van der Waals surface area contributed by atoms with Gasteiger partial charge in [0.2, 0.25) is 0 Å². The summed E-state index contributed by atoms with van der Waals surface area (Å²) in [6, 6.07) is 20.0. The molecular formula is C27H22N2O4S2. The number of esters is 1. The third kappa shape index (κ3) is 4.26. The molecule has 1 atom stereocenters. The van der Waals surface area contributed by atoms with Gasteiger partial charge in [-0.1, -0.05) is 65.9 Å². The lowest BCUT2D eigenvalue weighted by Crippen LogP contribution is -2.40. The Morgan fingerprint density at radius 1 is 1.09 bits per heavy atom. The Labute approximate surface area is 209 Å². The first-order valence-corrected chi connectivity index (χ1v) is 12.8. The van der Waals surface area contributed by atoms with Gasteiger partial charge in [-0.05, 0) is 30.5 Å². The van der Waals surface area contributed by atoms with Crippen molar-refractivity contribution in [3.05, 3.63) is 113 Å². The van der Waals surface area contributed by atoms with E-state index in [0.29, 0.717) is 31.9 Å². The summed E-state index contributed by atoms with van der Waals surface area (Å²) >= 11 is 2.86. The normalized spacial score (nSPS) is 15.5. The van der Waals surface area contributed by atoms with E-state index < -0.39 is 12.0 Å². The Bertz CT molecular complexity index is 1580. The van der Waals surface area contributed by atoms with Gasteiger partial charge in [-0.15, -0.1) is 11.3 Å². The Morgan fingerprint density at radius 2 is 1.86 bits per heavy atom. The molecule has 5 rings (SSSR count). The predicted molar refractivity (Wildman–Crippen MR) is 138 cm³/mol. The molecule has 0 aliphatic carbocycles. The van der Waals surface area contributed by atoms with Crippen LogP contribution < -0.4 is 19.6 Å². The minimum absolute atomic E-state index is 0.200. The van der Waals surface area contributed by atoms with E-state index in [1.54, 1.807) is 29.9 Å². The van der Waals surface area contributed by atoms with Crippen LogP contribution in [0.4, 0.5) is 0 Å². The van der Waals surface area contributed by atoms with E-state index in [0.717, 1.165) is 10.4 Å². The smallest absolute Gasteiger partial charge is 0.338 e. The zero-order valence-electron chi connectivity index (χ0n) is 19.1. The highest BCUT2D eigenvalue weighted by molar-refractivity contribution is 7.11. The lowest BCUT2D eigenvalue weighted by Gasteiger charge is -2.27. The van der Waals surface area contributed by atoms with Crippen molar-refractivity contribution in [3.63, 3.8) is 0 Å². The van der Waals surface area contributed by atoms with Gasteiger partial charge in [-0.25, -0.2) is 9.79 Å². The number of fused-ring (bicyclic) bond motifs is 1. The van der Waals surface area contributed by atoms with Crippen molar-refractivity contribution >= 4 is 40.4 Å². The maximum atomic E-state index is 13.8. The molecule has 0 spiro atoms. The number of hydrogen-bond donors (Lipinski definition) is 0. The Hall–Kier alpha value is -3.75. The van der Waals surface area contributed by atoms with Crippen molar-refractivity contribution in [2.45, 2.75) is 13.0 Å². The summed E-state index contributed by atoms with van der Waals surface area (Å²) in [5, 5.41) is 1.97. The summed E-state index contributed by atoms with van der Waals surface area (Å²) in [5.41, 5.74) is 2.03. The van der Waals surface area contributed by atoms with E-state index in [-0.39, 0.29) is 12.2 Å². The highest BCUT2D eigenvalue weighted by Crippen LogP contribution is 2.38. The van der Waals surface area contributed by atoms with Crippen LogP contribution in [0.25, 0.3) is 11.8 Å². The summed E-state index contributed by atoms with van der Waals surface area (Å²) in [4.78, 5) is 33.5. The Kier molecular flexibility index (Phi) is 6.48. The molecule has 1 aliphatic heterocycles. The fraction of sp³-hybridized carbons (Fsp3) is 0.148. The van der Waals surface area contributed by atoms with E-state index in [9.17, 15) is 9.59 Å². The van der Waals surface area contributed by atoms with Gasteiger partial charge in [0, 0.05) is 16.0 Å². The highest BCUT2D eigenvalue weighted by Gasteiger charge is 2.36. The molecule has 0 saturated carbocycles. The molecule has 0 N–H and O–H groups in total. The van der Waals surface area contributed by atoms with Crippen LogP contribution in [0.5, 0.6) is 5.75 Å². The zero-order valence-corrected chi connectivity index (χ0v) is 20.8. The van der Waals surface area contributed by atoms with Crippen LogP contribution in [-0.4, -0.2) is 24.3 Å². The second-order valence-corrected chi connectivity index (χ2v) is 9.68. The molecule has 0 radical (unpaired) electrons. The largest absolute Gasteiger partial charge is 0.496 e. The van der Waals surface area contributed by atoms with Crippen LogP contribution in [-0.2, 0) is 9.53 Å². The molecule has 4 aromatic rings. The van der Waals surface area contributed by atoms with Crippen molar-refractivity contribution in [1.29, 1.82) is 0 Å². The minimum Gasteiger partial charge on any atom is -0.496 e. The van der Waals surface area contributed by atoms with Crippen molar-refractivity contribution in [2.75, 3.05) is 13.7 Å². The molecule has 6 nitrogen and oxygen atoms in total. The highest BCUT2D eigenvalue weighted by atomic mass is 32.1. The molecule has 0 amide bonds. The minimum atomic E-state index is -0.762. The molecule has 0 saturated heterocycles. The van der Waals surface area contributed by atoms with E-state index in [2.05, 4.69) is 0 Å². The predicted octanol–water partition coefficient (Wildman–Crippen LogP) is 4.01. The molecule has 0 bridgehead atoms. The number of hydrogen-bond acceptors (Lipinski definition) is 7. The number of para-hydroxylation sites is 1. The van der Waals surface area contributed by atoms with E-state index in [4.69, 9.17) is 14.5 Å². The maximum Gasteiger partial charge on any atom is 0.338 e. The lowest BCUT2D eigenvalue weighted by molar-refractivity contribution is -0.138. The van der Waals surface area contributed by atoms with Crippen molar-refractivity contribution in [3.8, 4) is 5.75 Å². The maximum absolute atomic E-state index is 13.8. The molecule has 35 heavy (non-hydrogen) atoms. The molecule has 8 heteroatoms. The fourth-order valence-corrected chi connectivity index (χ4v) is 5.85. The number of nitrogens with zero attached hydrogens (tertiary/aromatic N) is 2. The fourth-order valence-electron chi connectivity index (χ4n) is 4.13. The van der Waals surface area contributed by atoms with E-state index in [1.807, 2.05) is 78.2 Å². The molecule has 0 fully saturated rings. The zero-order chi connectivity index (χ0) is 24.4. The monoisotopic (exact) mass is 502 g/mol. The summed E-state index contributed by atoms with van der Waals surface area (Å²) < 4.78 is 13.3. The van der Waals surface area contributed by atoms with Crippen LogP contribution in [0.3, 0.4) is 0 Å². The summed E-state index contributed by atoms with van der Waals surface area (Å²) in [7, 11) is 1.57. The second-order valence-electron chi connectivity index (χ2n) is 7.69. The number of thiazole rings is 1. The molecule has 3 heterocycles. The van der Waals surface area contributed by atoms with Crippen molar-refractivity contribution in [1.82, 2.24) is 4.57 Å². The van der Waals surface area contributed by atoms with Crippen LogP contribution >= 0.6 is 22.7 Å². The molecule has 176 valence electrons. The summed E-state index contributed by atoms with van der Waals surface area (Å²) in [6.45, 7) is 1.96. The number of ether oxygens (including phenoxy) is 2. The van der Waals surface area contributed by atoms with Gasteiger partial charge < -0.3 is 9.47 Å². The third-order valence-electron chi connectivity index (χ3n) is 5.62. The van der Waals surface area contributed by atoms with Crippen LogP contribution in [0, 0.1) is 0 Å². The van der Waals surface area contributed by atoms with Gasteiger partial charge in [0.05, 0.1) is 29.5 Å². The van der Waals surface area contributed by atoms with Gasteiger partial charge in [-0.3, -0.25) is 9.36 Å². The number of benzene rings is 2. The Morgan fingerprint density at radius 3 is 2.57 bits per heavy atom. The number of aromatic nitrogens is 1. The van der Waals surface area contributed by atoms with Gasteiger partial charge in [0.1, 0.15) is 11.8 Å². The molecule has 0 unspecified atom stereocenters. The van der Waals surface area contributed by atoms with Gasteiger partial charge >= 0.3 is 5.97 Å². The standard InChI is InChI=1S/C27H22N2O4S2/c1-3-33-26(31)22-23(17-10-5-4-6-11-17)28-27-29(24(22)19-13-7-8-14-20(19)32-2)25(30)21(35-27)16-18-12-9-15-34-18/h4-16,24H,3H2,1-2H3/t24-/m0/s1. The Balaban J connectivity index is 1.88. The molecule has 1 aliphatic rings. The first-order valence-electron chi connectivity index (χ1n) is 11.1. The van der Waals surface area contributed by atoms with Crippen LogP contribution in [0.1, 0.15) is 29.0 Å². The van der Waals surface area contributed by atoms with E-state index >= 15 is 0 Å². The molecular weight excluding hydrogens is 480 g/mol. The second kappa shape index (κ2) is 9.85. The quantitative estimate of drug-likeness (QED) is 0.374. The average Bonchev–Trinajstić information content (AvgIpc) is 3.51. The molecule has 2 aromatic heterocycles. The SMILES string of the molecule is CCOC(=O)C1=C(c2ccccc2)N=c2sc(=Cc3cccs3)c(=O)n2[C@H]1c1ccccc1OC. The van der Waals surface area contributed by atoms with Gasteiger partial charge in [0.15, 0.2) is 4.80 Å². The van der Waals surface area contributed by atoms with Crippen molar-refractivity contribution < 1.29 is 14.3 Å². The lowest BCUT2D eigenvalue weighted by atomic mass is 9.92. The first kappa shape index (κ1) is 23.0. The molecule has 2 aromatic carbocycles. The number of methoxy groups -OCH3 is 1. The average molecular weight is 503 g/mol. The number of carbonyl (C=O) groups is 1. The van der Waals surface area contributed by atoms with Crippen LogP contribution in [0.2, 0.25) is 0 Å². The number of rotatable bonds is 6. The van der Waals surface area contributed by atoms with Crippen LogP contribution in [0.15, 0.2) is 87.5 Å². The van der Waals surface area contributed by atoms with Crippen molar-refractivity contribution in [2.24, 2.45) is 4.99 Å². The third-order valence-corrected chi connectivity index (χ3v) is 7.43. The van der Waals surface area contributed by atoms with Gasteiger partial charge in [0.25, 0.3) is 5.56 Å². The van der Waals surface area contributed by atoms with Gasteiger partial charge in [-0.2, -0.15) is 0 Å². The first-order chi connectivity index (χ1) is 17.1. The number of carbonyl (C=O) groups excluding carboxylic acids is 1. The van der Waals surface area contributed by atoms with E-state index in [1.165, 1.54) is 11.3 Å². The summed E-state index contributed by atoms with van der Waals surface area (Å²) in [5.74, 6) is 0.0555.